The van der Waals surface area contributed by atoms with Crippen LogP contribution in [0.5, 0.6) is 5.75 Å². The van der Waals surface area contributed by atoms with E-state index < -0.39 is 0 Å². The van der Waals surface area contributed by atoms with Gasteiger partial charge in [-0.1, -0.05) is 66.7 Å². The highest BCUT2D eigenvalue weighted by Gasteiger charge is 2.16. The molecule has 37 heavy (non-hydrogen) atoms. The fourth-order valence-corrected chi connectivity index (χ4v) is 4.04. The van der Waals surface area contributed by atoms with Crippen LogP contribution in [-0.4, -0.2) is 23.8 Å². The van der Waals surface area contributed by atoms with Gasteiger partial charge in [0.1, 0.15) is 5.75 Å². The van der Waals surface area contributed by atoms with E-state index in [1.165, 1.54) is 0 Å². The number of anilines is 1. The van der Waals surface area contributed by atoms with Crippen LogP contribution in [0.1, 0.15) is 32.6 Å². The second-order valence-corrected chi connectivity index (χ2v) is 8.82. The number of ether oxygens (including phenoxy) is 1. The largest absolute Gasteiger partial charge is 0.497 e. The van der Waals surface area contributed by atoms with E-state index in [-0.39, 0.29) is 18.2 Å². The molecule has 3 N–H and O–H groups in total. The Labute approximate surface area is 217 Å². The van der Waals surface area contributed by atoms with Gasteiger partial charge in [-0.25, -0.2) is 0 Å². The van der Waals surface area contributed by atoms with E-state index in [4.69, 9.17) is 10.5 Å². The van der Waals surface area contributed by atoms with Crippen molar-refractivity contribution in [2.24, 2.45) is 5.73 Å². The van der Waals surface area contributed by atoms with Crippen LogP contribution in [0.25, 0.3) is 0 Å². The molecule has 0 radical (unpaired) electrons. The first-order valence-electron chi connectivity index (χ1n) is 12.2. The number of nitrogens with one attached hydrogen (secondary N) is 1. The smallest absolute Gasteiger partial charge is 0.255 e. The average molecular weight is 494 g/mol. The van der Waals surface area contributed by atoms with Gasteiger partial charge in [0, 0.05) is 30.9 Å². The van der Waals surface area contributed by atoms with Gasteiger partial charge in [0.2, 0.25) is 5.91 Å². The molecule has 4 aromatic carbocycles. The molecule has 0 fully saturated rings. The number of rotatable bonds is 10. The highest BCUT2D eigenvalue weighted by atomic mass is 16.5. The summed E-state index contributed by atoms with van der Waals surface area (Å²) >= 11 is 0. The predicted molar refractivity (Wildman–Crippen MR) is 146 cm³/mol. The van der Waals surface area contributed by atoms with E-state index in [0.717, 1.165) is 28.0 Å². The number of benzene rings is 4. The maximum atomic E-state index is 13.4. The van der Waals surface area contributed by atoms with Gasteiger partial charge in [0.25, 0.3) is 5.91 Å². The SMILES string of the molecule is COc1ccc(CC(=O)N(Cc2ccc(NC(=O)c3ccccc3)cc2)Cc2cccc(CN)c2)cc1. The molecule has 188 valence electrons. The lowest BCUT2D eigenvalue weighted by Gasteiger charge is -2.24. The highest BCUT2D eigenvalue weighted by Crippen LogP contribution is 2.18. The predicted octanol–water partition coefficient (Wildman–Crippen LogP) is 5.18. The summed E-state index contributed by atoms with van der Waals surface area (Å²) in [5.74, 6) is 0.611. The first kappa shape index (κ1) is 25.7. The minimum Gasteiger partial charge on any atom is -0.497 e. The van der Waals surface area contributed by atoms with Crippen LogP contribution >= 0.6 is 0 Å². The summed E-state index contributed by atoms with van der Waals surface area (Å²) in [4.78, 5) is 27.7. The molecule has 4 aromatic rings. The number of nitrogens with two attached hydrogens (primary N) is 1. The van der Waals surface area contributed by atoms with Crippen molar-refractivity contribution in [2.45, 2.75) is 26.1 Å². The van der Waals surface area contributed by atoms with Gasteiger partial charge in [0.15, 0.2) is 0 Å². The molecule has 6 heteroatoms. The van der Waals surface area contributed by atoms with E-state index in [2.05, 4.69) is 5.32 Å². The molecule has 6 nitrogen and oxygen atoms in total. The number of carbonyl (C=O) groups is 2. The van der Waals surface area contributed by atoms with Crippen molar-refractivity contribution in [1.82, 2.24) is 4.90 Å². The summed E-state index contributed by atoms with van der Waals surface area (Å²) in [7, 11) is 1.62. The molecule has 0 heterocycles. The molecule has 0 unspecified atom stereocenters. The lowest BCUT2D eigenvalue weighted by molar-refractivity contribution is -0.131. The fraction of sp³-hybridized carbons (Fsp3) is 0.161. The van der Waals surface area contributed by atoms with Crippen LogP contribution in [0.4, 0.5) is 5.69 Å². The molecule has 0 aliphatic rings. The Hall–Kier alpha value is -4.42. The van der Waals surface area contributed by atoms with Crippen LogP contribution in [0.2, 0.25) is 0 Å². The highest BCUT2D eigenvalue weighted by molar-refractivity contribution is 6.04. The van der Waals surface area contributed by atoms with Crippen molar-refractivity contribution in [1.29, 1.82) is 0 Å². The summed E-state index contributed by atoms with van der Waals surface area (Å²) in [5, 5.41) is 2.91. The Morgan fingerprint density at radius 2 is 1.41 bits per heavy atom. The van der Waals surface area contributed by atoms with Gasteiger partial charge in [-0.3, -0.25) is 9.59 Å². The molecular weight excluding hydrogens is 462 g/mol. The number of hydrogen-bond donors (Lipinski definition) is 2. The van der Waals surface area contributed by atoms with Gasteiger partial charge in [-0.05, 0) is 58.7 Å². The minimum absolute atomic E-state index is 0.0183. The molecule has 0 bridgehead atoms. The summed E-state index contributed by atoms with van der Waals surface area (Å²) in [6.45, 7) is 1.36. The van der Waals surface area contributed by atoms with Crippen molar-refractivity contribution >= 4 is 17.5 Å². The molecule has 0 saturated carbocycles. The Bertz CT molecular complexity index is 1320. The average Bonchev–Trinajstić information content (AvgIpc) is 2.94. The van der Waals surface area contributed by atoms with Gasteiger partial charge < -0.3 is 20.7 Å². The Morgan fingerprint density at radius 3 is 2.08 bits per heavy atom. The van der Waals surface area contributed by atoms with Crippen molar-refractivity contribution in [2.75, 3.05) is 12.4 Å². The van der Waals surface area contributed by atoms with E-state index in [1.54, 1.807) is 19.2 Å². The van der Waals surface area contributed by atoms with Crippen LogP contribution in [0.3, 0.4) is 0 Å². The normalized spacial score (nSPS) is 10.5. The zero-order valence-electron chi connectivity index (χ0n) is 20.9. The zero-order chi connectivity index (χ0) is 26.0. The van der Waals surface area contributed by atoms with Crippen LogP contribution in [0.15, 0.2) is 103 Å². The van der Waals surface area contributed by atoms with E-state index in [9.17, 15) is 9.59 Å². The van der Waals surface area contributed by atoms with Crippen LogP contribution in [0, 0.1) is 0 Å². The molecule has 0 aliphatic carbocycles. The van der Waals surface area contributed by atoms with Crippen molar-refractivity contribution in [3.05, 3.63) is 131 Å². The molecule has 4 rings (SSSR count). The second kappa shape index (κ2) is 12.5. The maximum absolute atomic E-state index is 13.4. The van der Waals surface area contributed by atoms with Crippen LogP contribution < -0.4 is 15.8 Å². The van der Waals surface area contributed by atoms with E-state index >= 15 is 0 Å². The first-order chi connectivity index (χ1) is 18.0. The summed E-state index contributed by atoms with van der Waals surface area (Å²) < 4.78 is 5.23. The number of nitrogens with zero attached hydrogens (tertiary/aromatic N) is 1. The Balaban J connectivity index is 1.48. The molecule has 0 spiro atoms. The van der Waals surface area contributed by atoms with Gasteiger partial charge in [0.05, 0.1) is 13.5 Å². The van der Waals surface area contributed by atoms with Crippen LogP contribution in [-0.2, 0) is 30.8 Å². The molecule has 0 aromatic heterocycles. The fourth-order valence-electron chi connectivity index (χ4n) is 4.04. The molecule has 0 atom stereocenters. The number of methoxy groups -OCH3 is 1. The third-order valence-electron chi connectivity index (χ3n) is 6.09. The van der Waals surface area contributed by atoms with Crippen molar-refractivity contribution < 1.29 is 14.3 Å². The topological polar surface area (TPSA) is 84.7 Å². The molecule has 0 aliphatic heterocycles. The lowest BCUT2D eigenvalue weighted by atomic mass is 10.1. The quantitative estimate of drug-likeness (QED) is 0.319. The Kier molecular flexibility index (Phi) is 8.68. The second-order valence-electron chi connectivity index (χ2n) is 8.82. The number of amides is 2. The monoisotopic (exact) mass is 493 g/mol. The maximum Gasteiger partial charge on any atom is 0.255 e. The van der Waals surface area contributed by atoms with E-state index in [0.29, 0.717) is 30.9 Å². The first-order valence-corrected chi connectivity index (χ1v) is 12.2. The Morgan fingerprint density at radius 1 is 0.757 bits per heavy atom. The summed E-state index contributed by atoms with van der Waals surface area (Å²) in [6.07, 6.45) is 0.284. The minimum atomic E-state index is -0.163. The van der Waals surface area contributed by atoms with E-state index in [1.807, 2.05) is 95.9 Å². The number of hydrogen-bond acceptors (Lipinski definition) is 4. The van der Waals surface area contributed by atoms with Crippen molar-refractivity contribution in [3.63, 3.8) is 0 Å². The van der Waals surface area contributed by atoms with Gasteiger partial charge >= 0.3 is 0 Å². The third kappa shape index (κ3) is 7.29. The summed E-state index contributed by atoms with van der Waals surface area (Å²) in [5.41, 5.74) is 11.1. The zero-order valence-corrected chi connectivity index (χ0v) is 20.9. The molecule has 2 amide bonds. The van der Waals surface area contributed by atoms with Crippen molar-refractivity contribution in [3.8, 4) is 5.75 Å². The van der Waals surface area contributed by atoms with Gasteiger partial charge in [-0.15, -0.1) is 0 Å². The number of carbonyl (C=O) groups excluding carboxylic acids is 2. The third-order valence-corrected chi connectivity index (χ3v) is 6.09. The summed E-state index contributed by atoms with van der Waals surface area (Å²) in [6, 6.07) is 32.2. The molecule has 0 saturated heterocycles. The molecular formula is C31H31N3O3. The van der Waals surface area contributed by atoms with Gasteiger partial charge in [-0.2, -0.15) is 0 Å². The lowest BCUT2D eigenvalue weighted by Crippen LogP contribution is -2.31. The standard InChI is InChI=1S/C31H31N3O3/c1-37-29-16-12-23(13-17-29)19-30(35)34(22-26-7-5-6-25(18-26)20-32)21-24-10-14-28(15-11-24)33-31(36)27-8-3-2-4-9-27/h2-18H,19-22,32H2,1H3,(H,33,36).